The Bertz CT molecular complexity index is 2330. The minimum absolute atomic E-state index is 0.423. The van der Waals surface area contributed by atoms with Crippen molar-refractivity contribution in [1.29, 1.82) is 0 Å². The molecule has 2 heterocycles. The molecular weight excluding hydrogens is 727 g/mol. The number of hydrogen-bond donors (Lipinski definition) is 0. The predicted molar refractivity (Wildman–Crippen MR) is 225 cm³/mol. The lowest BCUT2D eigenvalue weighted by Gasteiger charge is -2.29. The molecular formula is C42H42O6P2S2. The monoisotopic (exact) mass is 768 g/mol. The Hall–Kier alpha value is -3.80. The lowest BCUT2D eigenvalue weighted by molar-refractivity contribution is 0.290. The highest BCUT2D eigenvalue weighted by molar-refractivity contribution is 8.27. The van der Waals surface area contributed by atoms with Crippen molar-refractivity contribution in [2.75, 3.05) is 39.6 Å². The van der Waals surface area contributed by atoms with Gasteiger partial charge in [0.2, 0.25) is 0 Å². The highest BCUT2D eigenvalue weighted by Gasteiger charge is 2.50. The molecule has 0 unspecified atom stereocenters. The van der Waals surface area contributed by atoms with E-state index in [2.05, 4.69) is 60.7 Å². The van der Waals surface area contributed by atoms with Crippen LogP contribution in [0.15, 0.2) is 72.8 Å². The third kappa shape index (κ3) is 4.67. The smallest absolute Gasteiger partial charge is 0.171 e. The Morgan fingerprint density at radius 3 is 1.04 bits per heavy atom. The molecule has 2 aliphatic rings. The van der Waals surface area contributed by atoms with Gasteiger partial charge in [0.25, 0.3) is 0 Å². The van der Waals surface area contributed by atoms with E-state index in [0.29, 0.717) is 74.1 Å². The van der Waals surface area contributed by atoms with Crippen LogP contribution in [-0.4, -0.2) is 39.6 Å². The number of benzene rings is 6. The van der Waals surface area contributed by atoms with E-state index in [4.69, 9.17) is 52.0 Å². The number of hydrogen-bond acceptors (Lipinski definition) is 8. The van der Waals surface area contributed by atoms with Gasteiger partial charge in [-0.2, -0.15) is 0 Å². The molecule has 0 N–H and O–H groups in total. The van der Waals surface area contributed by atoms with Crippen LogP contribution in [0, 0.1) is 0 Å². The van der Waals surface area contributed by atoms with Crippen molar-refractivity contribution in [3.8, 4) is 34.5 Å². The van der Waals surface area contributed by atoms with Crippen LogP contribution >= 0.6 is 12.1 Å². The summed E-state index contributed by atoms with van der Waals surface area (Å²) in [4.78, 5) is 0. The van der Waals surface area contributed by atoms with Crippen molar-refractivity contribution in [2.45, 2.75) is 41.5 Å². The van der Waals surface area contributed by atoms with Gasteiger partial charge >= 0.3 is 0 Å². The Kier molecular flexibility index (Phi) is 9.19. The minimum Gasteiger partial charge on any atom is -0.490 e. The zero-order valence-electron chi connectivity index (χ0n) is 30.3. The number of rotatable bonds is 14. The van der Waals surface area contributed by atoms with Gasteiger partial charge in [-0.1, -0.05) is 84.3 Å². The first-order valence-electron chi connectivity index (χ1n) is 18.1. The summed E-state index contributed by atoms with van der Waals surface area (Å²) in [6.07, 6.45) is 0. The largest absolute Gasteiger partial charge is 0.490 e. The summed E-state index contributed by atoms with van der Waals surface area (Å²) in [6.45, 7) is 14.7. The van der Waals surface area contributed by atoms with Gasteiger partial charge in [-0.25, -0.2) is 0 Å². The van der Waals surface area contributed by atoms with E-state index in [0.717, 1.165) is 64.1 Å². The van der Waals surface area contributed by atoms with E-state index in [1.54, 1.807) is 0 Å². The molecule has 0 spiro atoms. The number of fused-ring (bicyclic) bond motifs is 1. The zero-order chi connectivity index (χ0) is 36.4. The second kappa shape index (κ2) is 13.6. The van der Waals surface area contributed by atoms with Crippen molar-refractivity contribution >= 4 is 99.8 Å². The highest BCUT2D eigenvalue weighted by atomic mass is 32.4. The van der Waals surface area contributed by atoms with Gasteiger partial charge in [-0.05, 0) is 75.1 Å². The van der Waals surface area contributed by atoms with Crippen LogP contribution in [-0.2, 0) is 23.6 Å². The lowest BCUT2D eigenvalue weighted by Crippen LogP contribution is -2.28. The Morgan fingerprint density at radius 1 is 0.404 bits per heavy atom. The normalized spacial score (nSPS) is 18.2. The van der Waals surface area contributed by atoms with Crippen molar-refractivity contribution in [3.63, 3.8) is 0 Å². The molecule has 0 saturated carbocycles. The first-order chi connectivity index (χ1) is 25.4. The van der Waals surface area contributed by atoms with E-state index in [-0.39, 0.29) is 0 Å². The second-order valence-corrected chi connectivity index (χ2v) is 21.1. The molecule has 8 rings (SSSR count). The maximum atomic E-state index is 7.21. The molecule has 6 aromatic rings. The van der Waals surface area contributed by atoms with Crippen molar-refractivity contribution in [3.05, 3.63) is 72.8 Å². The highest BCUT2D eigenvalue weighted by Crippen LogP contribution is 2.66. The third-order valence-electron chi connectivity index (χ3n) is 9.84. The fraction of sp³-hybridized carbons (Fsp3) is 0.286. The summed E-state index contributed by atoms with van der Waals surface area (Å²) in [6, 6.07) is 19.4. The third-order valence-corrected chi connectivity index (χ3v) is 19.6. The van der Waals surface area contributed by atoms with Crippen molar-refractivity contribution in [2.24, 2.45) is 0 Å². The van der Waals surface area contributed by atoms with Gasteiger partial charge in [-0.3, -0.25) is 0 Å². The Balaban J connectivity index is 1.76. The molecule has 268 valence electrons. The fourth-order valence-corrected chi connectivity index (χ4v) is 17.7. The molecule has 0 aliphatic carbocycles. The van der Waals surface area contributed by atoms with Gasteiger partial charge in [0, 0.05) is 54.8 Å². The van der Waals surface area contributed by atoms with E-state index < -0.39 is 12.1 Å². The van der Waals surface area contributed by atoms with E-state index in [1.165, 1.54) is 0 Å². The molecule has 0 fully saturated rings. The first-order valence-corrected chi connectivity index (χ1v) is 23.7. The van der Waals surface area contributed by atoms with Crippen LogP contribution in [0.5, 0.6) is 34.5 Å². The molecule has 0 radical (unpaired) electrons. The summed E-state index contributed by atoms with van der Waals surface area (Å²) in [7, 11) is 0. The standard InChI is InChI=1S/C42H42O6P2S2/c1-7-43-29-23-27-28-24-30(44-8-2)36(46-10-4)40-32(28)34-33-31(27)39(35(29)45-9-3)49(51,25-19-15-13-16-20-25)41(33)37(47-11-5)38(48-12-6)42(34)50(40,52)26-21-17-14-18-22-26/h13-24H,7-12H2,1-6H3/t49-,50+. The molecule has 0 bridgehead atoms. The zero-order valence-corrected chi connectivity index (χ0v) is 33.8. The average molecular weight is 769 g/mol. The lowest BCUT2D eigenvalue weighted by atomic mass is 9.93. The summed E-state index contributed by atoms with van der Waals surface area (Å²) < 4.78 is 39.9. The van der Waals surface area contributed by atoms with Gasteiger partial charge < -0.3 is 28.4 Å². The maximum Gasteiger partial charge on any atom is 0.171 e. The molecule has 0 saturated heterocycles. The topological polar surface area (TPSA) is 55.4 Å². The first kappa shape index (κ1) is 35.2. The summed E-state index contributed by atoms with van der Waals surface area (Å²) in [5.41, 5.74) is 0. The fourth-order valence-electron chi connectivity index (χ4n) is 8.22. The van der Waals surface area contributed by atoms with E-state index in [9.17, 15) is 0 Å². The Labute approximate surface area is 315 Å². The second-order valence-electron chi connectivity index (χ2n) is 12.5. The molecule has 2 aliphatic heterocycles. The molecule has 6 aromatic carbocycles. The van der Waals surface area contributed by atoms with Gasteiger partial charge in [0.1, 0.15) is 0 Å². The summed E-state index contributed by atoms with van der Waals surface area (Å²) >= 11 is 14.4. The van der Waals surface area contributed by atoms with Gasteiger partial charge in [-0.15, -0.1) is 0 Å². The van der Waals surface area contributed by atoms with Crippen molar-refractivity contribution < 1.29 is 28.4 Å². The van der Waals surface area contributed by atoms with Crippen LogP contribution in [0.2, 0.25) is 0 Å². The summed E-state index contributed by atoms with van der Waals surface area (Å²) in [5, 5.41) is 12.4. The van der Waals surface area contributed by atoms with Crippen LogP contribution in [0.4, 0.5) is 0 Å². The predicted octanol–water partition coefficient (Wildman–Crippen LogP) is 7.68. The average Bonchev–Trinajstić information content (AvgIpc) is 3.60. The summed E-state index contributed by atoms with van der Waals surface area (Å²) in [5.74, 6) is 4.09. The van der Waals surface area contributed by atoms with Crippen LogP contribution < -0.4 is 60.2 Å². The number of ether oxygens (including phenoxy) is 6. The molecule has 6 nitrogen and oxygen atoms in total. The minimum atomic E-state index is -2.90. The van der Waals surface area contributed by atoms with Crippen LogP contribution in [0.25, 0.3) is 32.3 Å². The molecule has 0 aromatic heterocycles. The van der Waals surface area contributed by atoms with Gasteiger partial charge in [0.15, 0.2) is 34.5 Å². The maximum absolute atomic E-state index is 7.21. The Morgan fingerprint density at radius 2 is 0.712 bits per heavy atom. The van der Waals surface area contributed by atoms with Gasteiger partial charge in [0.05, 0.1) is 39.6 Å². The SMILES string of the molecule is CCOc1cc2c3cc(OCC)c(OCC)c4c3c3c(c(OCC)c(OCC)c5c3c2c(c1OCC)[P@]5(=S)c1ccccc1)[P@]4(=S)c1ccccc1. The van der Waals surface area contributed by atoms with Crippen LogP contribution in [0.3, 0.4) is 0 Å². The van der Waals surface area contributed by atoms with E-state index >= 15 is 0 Å². The molecule has 52 heavy (non-hydrogen) atoms. The molecule has 2 atom stereocenters. The quantitative estimate of drug-likeness (QED) is 0.0826. The molecule has 10 heteroatoms. The van der Waals surface area contributed by atoms with E-state index in [1.807, 2.05) is 53.7 Å². The van der Waals surface area contributed by atoms with Crippen molar-refractivity contribution in [1.82, 2.24) is 0 Å². The van der Waals surface area contributed by atoms with Crippen LogP contribution in [0.1, 0.15) is 41.5 Å². The molecule has 0 amide bonds.